The molecular formula is C18H10N2O4. The maximum Gasteiger partial charge on any atom is 0.265 e. The lowest BCUT2D eigenvalue weighted by Gasteiger charge is -2.11. The van der Waals surface area contributed by atoms with Gasteiger partial charge in [-0.25, -0.2) is 9.80 Å². The minimum Gasteiger partial charge on any atom is -0.268 e. The quantitative estimate of drug-likeness (QED) is 0.794. The normalized spacial score (nSPS) is 16.3. The molecule has 0 fully saturated rings. The van der Waals surface area contributed by atoms with Crippen LogP contribution in [0, 0.1) is 0 Å². The number of fused-ring (bicyclic) bond motifs is 2. The summed E-state index contributed by atoms with van der Waals surface area (Å²) in [4.78, 5) is 50.8. The Morgan fingerprint density at radius 3 is 1.00 bits per heavy atom. The van der Waals surface area contributed by atoms with Crippen molar-refractivity contribution in [3.8, 4) is 0 Å². The zero-order chi connectivity index (χ0) is 16.8. The van der Waals surface area contributed by atoms with Crippen LogP contribution in [0.4, 0.5) is 0 Å². The number of rotatable bonds is 2. The van der Waals surface area contributed by atoms with Crippen molar-refractivity contribution in [1.82, 2.24) is 9.80 Å². The van der Waals surface area contributed by atoms with E-state index in [1.54, 1.807) is 48.5 Å². The molecule has 2 aromatic carbocycles. The van der Waals surface area contributed by atoms with Crippen LogP contribution in [0.1, 0.15) is 41.4 Å². The van der Waals surface area contributed by atoms with Gasteiger partial charge in [-0.05, 0) is 24.3 Å². The molecule has 24 heavy (non-hydrogen) atoms. The molecule has 6 heteroatoms. The molecular weight excluding hydrogens is 308 g/mol. The lowest BCUT2D eigenvalue weighted by Crippen LogP contribution is -2.28. The first-order valence-corrected chi connectivity index (χ1v) is 7.22. The van der Waals surface area contributed by atoms with Gasteiger partial charge in [-0.1, -0.05) is 24.3 Å². The molecule has 4 amide bonds. The van der Waals surface area contributed by atoms with Crippen LogP contribution in [-0.4, -0.2) is 33.4 Å². The lowest BCUT2D eigenvalue weighted by atomic mass is 10.1. The van der Waals surface area contributed by atoms with Crippen LogP contribution in [0.2, 0.25) is 0 Å². The first kappa shape index (κ1) is 14.1. The SMILES string of the molecule is O=C1c2ccccc2C(=O)N1C=CN1C(=O)c2ccccc2C1=O. The highest BCUT2D eigenvalue weighted by atomic mass is 16.2. The van der Waals surface area contributed by atoms with E-state index >= 15 is 0 Å². The predicted octanol–water partition coefficient (Wildman–Crippen LogP) is 2.05. The maximum absolute atomic E-state index is 12.3. The maximum atomic E-state index is 12.3. The van der Waals surface area contributed by atoms with E-state index in [-0.39, 0.29) is 0 Å². The van der Waals surface area contributed by atoms with Gasteiger partial charge < -0.3 is 0 Å². The van der Waals surface area contributed by atoms with Gasteiger partial charge in [-0.15, -0.1) is 0 Å². The lowest BCUT2D eigenvalue weighted by molar-refractivity contribution is 0.0681. The molecule has 2 aromatic rings. The van der Waals surface area contributed by atoms with Crippen molar-refractivity contribution in [1.29, 1.82) is 0 Å². The number of hydrogen-bond donors (Lipinski definition) is 0. The van der Waals surface area contributed by atoms with Gasteiger partial charge in [0, 0.05) is 12.4 Å². The van der Waals surface area contributed by atoms with Crippen LogP contribution >= 0.6 is 0 Å². The summed E-state index contributed by atoms with van der Waals surface area (Å²) >= 11 is 0. The Morgan fingerprint density at radius 1 is 0.500 bits per heavy atom. The summed E-state index contributed by atoms with van der Waals surface area (Å²) in [5, 5.41) is 0. The third kappa shape index (κ3) is 1.83. The van der Waals surface area contributed by atoms with Gasteiger partial charge in [-0.2, -0.15) is 0 Å². The minimum absolute atomic E-state index is 0.300. The van der Waals surface area contributed by atoms with Gasteiger partial charge in [0.1, 0.15) is 0 Å². The molecule has 2 heterocycles. The third-order valence-electron chi connectivity index (χ3n) is 4.02. The fourth-order valence-corrected chi connectivity index (χ4v) is 2.82. The van der Waals surface area contributed by atoms with Gasteiger partial charge in [0.2, 0.25) is 0 Å². The molecule has 0 spiro atoms. The van der Waals surface area contributed by atoms with E-state index in [9.17, 15) is 19.2 Å². The van der Waals surface area contributed by atoms with Crippen LogP contribution < -0.4 is 0 Å². The first-order chi connectivity index (χ1) is 11.6. The zero-order valence-electron chi connectivity index (χ0n) is 12.3. The monoisotopic (exact) mass is 318 g/mol. The molecule has 6 nitrogen and oxygen atoms in total. The molecule has 0 aliphatic carbocycles. The van der Waals surface area contributed by atoms with E-state index in [1.807, 2.05) is 0 Å². The number of imide groups is 2. The Balaban J connectivity index is 1.64. The highest BCUT2D eigenvalue weighted by Gasteiger charge is 2.36. The molecule has 0 saturated carbocycles. The smallest absolute Gasteiger partial charge is 0.265 e. The summed E-state index contributed by atoms with van der Waals surface area (Å²) in [5.41, 5.74) is 1.20. The van der Waals surface area contributed by atoms with Gasteiger partial charge in [0.15, 0.2) is 0 Å². The van der Waals surface area contributed by atoms with Crippen LogP contribution in [0.3, 0.4) is 0 Å². The Kier molecular flexibility index (Phi) is 2.93. The molecule has 0 bridgehead atoms. The highest BCUT2D eigenvalue weighted by Crippen LogP contribution is 2.25. The number of carbonyl (C=O) groups excluding carboxylic acids is 4. The summed E-state index contributed by atoms with van der Waals surface area (Å²) in [7, 11) is 0. The van der Waals surface area contributed by atoms with Crippen LogP contribution in [0.25, 0.3) is 0 Å². The van der Waals surface area contributed by atoms with Crippen molar-refractivity contribution >= 4 is 23.6 Å². The summed E-state index contributed by atoms with van der Waals surface area (Å²) < 4.78 is 0. The molecule has 4 rings (SSSR count). The Labute approximate surface area is 136 Å². The van der Waals surface area contributed by atoms with Crippen molar-refractivity contribution in [2.75, 3.05) is 0 Å². The van der Waals surface area contributed by atoms with Crippen molar-refractivity contribution in [3.63, 3.8) is 0 Å². The van der Waals surface area contributed by atoms with E-state index in [0.717, 1.165) is 22.2 Å². The summed E-state index contributed by atoms with van der Waals surface area (Å²) in [6.45, 7) is 0. The summed E-state index contributed by atoms with van der Waals surface area (Å²) in [5.74, 6) is -1.93. The molecule has 0 unspecified atom stereocenters. The van der Waals surface area contributed by atoms with Crippen molar-refractivity contribution in [2.45, 2.75) is 0 Å². The average molecular weight is 318 g/mol. The van der Waals surface area contributed by atoms with E-state index in [2.05, 4.69) is 0 Å². The topological polar surface area (TPSA) is 74.8 Å². The Morgan fingerprint density at radius 2 is 0.750 bits per heavy atom. The Bertz CT molecular complexity index is 813. The van der Waals surface area contributed by atoms with Gasteiger partial charge in [0.05, 0.1) is 22.3 Å². The molecule has 2 aliphatic rings. The van der Waals surface area contributed by atoms with E-state index in [0.29, 0.717) is 22.3 Å². The van der Waals surface area contributed by atoms with Crippen molar-refractivity contribution in [3.05, 3.63) is 83.2 Å². The third-order valence-corrected chi connectivity index (χ3v) is 4.02. The Hall–Kier alpha value is -3.54. The fraction of sp³-hybridized carbons (Fsp3) is 0. The van der Waals surface area contributed by atoms with E-state index in [1.165, 1.54) is 0 Å². The average Bonchev–Trinajstić information content (AvgIpc) is 3.00. The number of carbonyl (C=O) groups is 4. The molecule has 0 atom stereocenters. The van der Waals surface area contributed by atoms with Gasteiger partial charge in [0.25, 0.3) is 23.6 Å². The molecule has 0 N–H and O–H groups in total. The number of benzene rings is 2. The molecule has 2 aliphatic heterocycles. The fourth-order valence-electron chi connectivity index (χ4n) is 2.82. The van der Waals surface area contributed by atoms with Crippen molar-refractivity contribution in [2.24, 2.45) is 0 Å². The zero-order valence-corrected chi connectivity index (χ0v) is 12.3. The van der Waals surface area contributed by atoms with Crippen LogP contribution in [0.5, 0.6) is 0 Å². The summed E-state index contributed by atoms with van der Waals surface area (Å²) in [6, 6.07) is 12.9. The van der Waals surface area contributed by atoms with E-state index < -0.39 is 23.6 Å². The predicted molar refractivity (Wildman–Crippen MR) is 83.0 cm³/mol. The number of hydrogen-bond acceptors (Lipinski definition) is 4. The largest absolute Gasteiger partial charge is 0.268 e. The highest BCUT2D eigenvalue weighted by molar-refractivity contribution is 6.23. The molecule has 0 aromatic heterocycles. The standard InChI is InChI=1S/C18H10N2O4/c21-15-11-5-1-2-6-12(11)16(22)19(15)9-10-20-17(23)13-7-3-4-8-14(13)18(20)24/h1-10H. The van der Waals surface area contributed by atoms with E-state index in [4.69, 9.17) is 0 Å². The van der Waals surface area contributed by atoms with Gasteiger partial charge >= 0.3 is 0 Å². The summed E-state index contributed by atoms with van der Waals surface area (Å²) in [6.07, 6.45) is 2.32. The van der Waals surface area contributed by atoms with Crippen LogP contribution in [-0.2, 0) is 0 Å². The first-order valence-electron chi connectivity index (χ1n) is 7.22. The molecule has 116 valence electrons. The number of amides is 4. The second kappa shape index (κ2) is 4.99. The van der Waals surface area contributed by atoms with Crippen LogP contribution in [0.15, 0.2) is 60.9 Å². The second-order valence-electron chi connectivity index (χ2n) is 5.35. The minimum atomic E-state index is -0.483. The van der Waals surface area contributed by atoms with Crippen molar-refractivity contribution < 1.29 is 19.2 Å². The number of nitrogens with zero attached hydrogens (tertiary/aromatic N) is 2. The molecule has 0 radical (unpaired) electrons. The second-order valence-corrected chi connectivity index (χ2v) is 5.35. The van der Waals surface area contributed by atoms with Gasteiger partial charge in [-0.3, -0.25) is 19.2 Å². The molecule has 0 saturated heterocycles.